The zero-order valence-corrected chi connectivity index (χ0v) is 11.6. The first-order valence-corrected chi connectivity index (χ1v) is 6.62. The van der Waals surface area contributed by atoms with E-state index in [2.05, 4.69) is 0 Å². The second kappa shape index (κ2) is 6.49. The molecule has 2 aromatic rings. The Hall–Kier alpha value is -1.92. The van der Waals surface area contributed by atoms with Gasteiger partial charge >= 0.3 is 0 Å². The monoisotopic (exact) mass is 278 g/mol. The Kier molecular flexibility index (Phi) is 4.70. The van der Waals surface area contributed by atoms with Gasteiger partial charge in [0.25, 0.3) is 5.69 Å². The first kappa shape index (κ1) is 14.5. The van der Waals surface area contributed by atoms with Crippen molar-refractivity contribution in [3.8, 4) is 0 Å². The second-order valence-electron chi connectivity index (χ2n) is 4.28. The topological polar surface area (TPSA) is 66.5 Å². The van der Waals surface area contributed by atoms with Crippen molar-refractivity contribution in [2.75, 3.05) is 13.2 Å². The Bertz CT molecular complexity index is 588. The Morgan fingerprint density at radius 3 is 2.55 bits per heavy atom. The van der Waals surface area contributed by atoms with E-state index in [0.717, 1.165) is 5.39 Å². The molecular weight excluding hydrogens is 260 g/mol. The summed E-state index contributed by atoms with van der Waals surface area (Å²) in [4.78, 5) is 10.8. The zero-order chi connectivity index (χ0) is 14.5. The Labute approximate surface area is 117 Å². The lowest BCUT2D eigenvalue weighted by Gasteiger charge is -2.18. The lowest BCUT2D eigenvalue weighted by molar-refractivity contribution is -0.383. The highest BCUT2D eigenvalue weighted by Gasteiger charge is 2.18. The number of non-ortho nitro benzene ring substituents is 1. The molecule has 1 aromatic carbocycles. The van der Waals surface area contributed by atoms with Gasteiger partial charge in [0.05, 0.1) is 11.5 Å². The van der Waals surface area contributed by atoms with E-state index in [0.29, 0.717) is 25.3 Å². The molecule has 0 spiro atoms. The molecule has 0 saturated carbocycles. The molecule has 6 nitrogen and oxygen atoms in total. The van der Waals surface area contributed by atoms with E-state index in [1.807, 2.05) is 36.7 Å². The summed E-state index contributed by atoms with van der Waals surface area (Å²) in [6.45, 7) is 5.28. The summed E-state index contributed by atoms with van der Waals surface area (Å²) < 4.78 is 12.8. The van der Waals surface area contributed by atoms with Crippen LogP contribution in [0, 0.1) is 10.1 Å². The summed E-state index contributed by atoms with van der Waals surface area (Å²) in [5, 5.41) is 12.0. The van der Waals surface area contributed by atoms with Crippen LogP contribution in [0.25, 0.3) is 10.9 Å². The SMILES string of the molecule is CCOC(Cn1ccc2cccc([N+](=O)[O-])c21)OCC. The lowest BCUT2D eigenvalue weighted by atomic mass is 10.2. The maximum absolute atomic E-state index is 11.1. The number of fused-ring (bicyclic) bond motifs is 1. The van der Waals surface area contributed by atoms with E-state index in [4.69, 9.17) is 9.47 Å². The molecule has 0 fully saturated rings. The molecule has 0 aliphatic carbocycles. The summed E-state index contributed by atoms with van der Waals surface area (Å²) in [5.74, 6) is 0. The molecule has 6 heteroatoms. The third-order valence-corrected chi connectivity index (χ3v) is 3.01. The standard InChI is InChI=1S/C14H18N2O4/c1-3-19-13(20-4-2)10-15-9-8-11-6-5-7-12(14(11)15)16(17)18/h5-9,13H,3-4,10H2,1-2H3. The van der Waals surface area contributed by atoms with Gasteiger partial charge in [-0.05, 0) is 19.9 Å². The number of para-hydroxylation sites is 1. The van der Waals surface area contributed by atoms with Crippen LogP contribution < -0.4 is 0 Å². The van der Waals surface area contributed by atoms with Gasteiger partial charge in [0.1, 0.15) is 5.52 Å². The maximum Gasteiger partial charge on any atom is 0.293 e. The Balaban J connectivity index is 2.36. The fourth-order valence-corrected chi connectivity index (χ4v) is 2.23. The number of benzene rings is 1. The third-order valence-electron chi connectivity index (χ3n) is 3.01. The molecule has 0 saturated heterocycles. The van der Waals surface area contributed by atoms with Crippen molar-refractivity contribution < 1.29 is 14.4 Å². The number of ether oxygens (including phenoxy) is 2. The fraction of sp³-hybridized carbons (Fsp3) is 0.429. The van der Waals surface area contributed by atoms with Gasteiger partial charge in [0, 0.05) is 30.9 Å². The summed E-state index contributed by atoms with van der Waals surface area (Å²) in [5.41, 5.74) is 0.696. The van der Waals surface area contributed by atoms with Crippen molar-refractivity contribution in [1.82, 2.24) is 4.57 Å². The van der Waals surface area contributed by atoms with Crippen LogP contribution in [0.5, 0.6) is 0 Å². The molecule has 0 unspecified atom stereocenters. The van der Waals surface area contributed by atoms with Crippen molar-refractivity contribution in [2.24, 2.45) is 0 Å². The number of hydrogen-bond acceptors (Lipinski definition) is 4. The van der Waals surface area contributed by atoms with Gasteiger partial charge in [-0.15, -0.1) is 0 Å². The molecule has 0 bridgehead atoms. The first-order valence-electron chi connectivity index (χ1n) is 6.62. The normalized spacial score (nSPS) is 11.3. The van der Waals surface area contributed by atoms with Crippen molar-refractivity contribution in [1.29, 1.82) is 0 Å². The highest BCUT2D eigenvalue weighted by Crippen LogP contribution is 2.26. The van der Waals surface area contributed by atoms with Crippen molar-refractivity contribution in [3.63, 3.8) is 0 Å². The minimum Gasteiger partial charge on any atom is -0.351 e. The van der Waals surface area contributed by atoms with Crippen molar-refractivity contribution in [2.45, 2.75) is 26.7 Å². The minimum atomic E-state index is -0.402. The van der Waals surface area contributed by atoms with E-state index >= 15 is 0 Å². The molecular formula is C14H18N2O4. The van der Waals surface area contributed by atoms with Crippen LogP contribution in [0.15, 0.2) is 30.5 Å². The molecule has 2 rings (SSSR count). The largest absolute Gasteiger partial charge is 0.351 e. The van der Waals surface area contributed by atoms with Crippen LogP contribution in [-0.4, -0.2) is 29.0 Å². The molecule has 0 amide bonds. The molecule has 0 aliphatic heterocycles. The van der Waals surface area contributed by atoms with Gasteiger partial charge in [-0.25, -0.2) is 0 Å². The van der Waals surface area contributed by atoms with Gasteiger partial charge in [-0.3, -0.25) is 10.1 Å². The van der Waals surface area contributed by atoms with E-state index in [1.54, 1.807) is 6.07 Å². The number of rotatable bonds is 7. The highest BCUT2D eigenvalue weighted by molar-refractivity contribution is 5.88. The van der Waals surface area contributed by atoms with Gasteiger partial charge < -0.3 is 14.0 Å². The van der Waals surface area contributed by atoms with Crippen molar-refractivity contribution >= 4 is 16.6 Å². The molecule has 0 atom stereocenters. The molecule has 1 aromatic heterocycles. The van der Waals surface area contributed by atoms with Gasteiger partial charge in [0.15, 0.2) is 6.29 Å². The minimum absolute atomic E-state index is 0.0965. The Morgan fingerprint density at radius 1 is 1.25 bits per heavy atom. The predicted molar refractivity (Wildman–Crippen MR) is 75.6 cm³/mol. The van der Waals surface area contributed by atoms with Gasteiger partial charge in [0.2, 0.25) is 0 Å². The van der Waals surface area contributed by atoms with Crippen molar-refractivity contribution in [3.05, 3.63) is 40.6 Å². The van der Waals surface area contributed by atoms with Crippen LogP contribution in [0.1, 0.15) is 13.8 Å². The van der Waals surface area contributed by atoms with Crippen LogP contribution in [0.4, 0.5) is 5.69 Å². The summed E-state index contributed by atoms with van der Waals surface area (Å²) in [6.07, 6.45) is 1.42. The summed E-state index contributed by atoms with van der Waals surface area (Å²) in [7, 11) is 0. The number of nitro groups is 1. The van der Waals surface area contributed by atoms with Crippen LogP contribution in [0.3, 0.4) is 0 Å². The van der Waals surface area contributed by atoms with E-state index in [-0.39, 0.29) is 10.6 Å². The molecule has 0 radical (unpaired) electrons. The number of aromatic nitrogens is 1. The zero-order valence-electron chi connectivity index (χ0n) is 11.6. The third kappa shape index (κ3) is 2.97. The van der Waals surface area contributed by atoms with Crippen LogP contribution in [-0.2, 0) is 16.0 Å². The van der Waals surface area contributed by atoms with E-state index in [1.165, 1.54) is 6.07 Å². The number of nitro benzene ring substituents is 1. The number of nitrogens with zero attached hydrogens (tertiary/aromatic N) is 2. The smallest absolute Gasteiger partial charge is 0.293 e. The quantitative estimate of drug-likeness (QED) is 0.443. The molecule has 0 aliphatic rings. The van der Waals surface area contributed by atoms with Gasteiger partial charge in [-0.1, -0.05) is 12.1 Å². The average Bonchev–Trinajstić information content (AvgIpc) is 2.82. The van der Waals surface area contributed by atoms with E-state index in [9.17, 15) is 10.1 Å². The maximum atomic E-state index is 11.1. The van der Waals surface area contributed by atoms with Crippen LogP contribution in [0.2, 0.25) is 0 Å². The molecule has 1 heterocycles. The number of hydrogen-bond donors (Lipinski definition) is 0. The predicted octanol–water partition coefficient (Wildman–Crippen LogP) is 2.95. The van der Waals surface area contributed by atoms with E-state index < -0.39 is 6.29 Å². The molecule has 108 valence electrons. The summed E-state index contributed by atoms with van der Waals surface area (Å²) >= 11 is 0. The second-order valence-corrected chi connectivity index (χ2v) is 4.28. The highest BCUT2D eigenvalue weighted by atomic mass is 16.7. The van der Waals surface area contributed by atoms with Gasteiger partial charge in [-0.2, -0.15) is 0 Å². The fourth-order valence-electron chi connectivity index (χ4n) is 2.23. The first-order chi connectivity index (χ1) is 9.67. The summed E-state index contributed by atoms with van der Waals surface area (Å²) in [6, 6.07) is 6.91. The average molecular weight is 278 g/mol. The Morgan fingerprint density at radius 2 is 1.95 bits per heavy atom. The molecule has 20 heavy (non-hydrogen) atoms. The van der Waals surface area contributed by atoms with Crippen LogP contribution >= 0.6 is 0 Å². The lowest BCUT2D eigenvalue weighted by Crippen LogP contribution is -2.23. The molecule has 0 N–H and O–H groups in total.